The number of fused-ring (bicyclic) bond motifs is 1. The maximum atomic E-state index is 12.3. The molecule has 0 N–H and O–H groups in total. The van der Waals surface area contributed by atoms with Crippen molar-refractivity contribution in [3.8, 4) is 11.5 Å². The summed E-state index contributed by atoms with van der Waals surface area (Å²) in [6.45, 7) is 4.37. The molecular weight excluding hydrogens is 338 g/mol. The second-order valence-electron chi connectivity index (χ2n) is 6.04. The zero-order valence-electron chi connectivity index (χ0n) is 13.8. The molecule has 25 heavy (non-hydrogen) atoms. The fourth-order valence-electron chi connectivity index (χ4n) is 2.99. The zero-order valence-corrected chi connectivity index (χ0v) is 14.6. The van der Waals surface area contributed by atoms with Crippen LogP contribution in [0, 0.1) is 0 Å². The van der Waals surface area contributed by atoms with Crippen LogP contribution in [0.5, 0.6) is 11.5 Å². The molecule has 2 aliphatic heterocycles. The van der Waals surface area contributed by atoms with Gasteiger partial charge in [-0.3, -0.25) is 9.69 Å². The number of amides is 1. The number of ether oxygens (including phenoxy) is 2. The molecule has 0 aliphatic carbocycles. The average Bonchev–Trinajstić information content (AvgIpc) is 3.31. The van der Waals surface area contributed by atoms with Crippen molar-refractivity contribution in [1.82, 2.24) is 14.8 Å². The molecule has 0 radical (unpaired) electrons. The summed E-state index contributed by atoms with van der Waals surface area (Å²) in [5.74, 6) is 1.68. The van der Waals surface area contributed by atoms with Crippen LogP contribution in [0.2, 0.25) is 0 Å². The number of hydrogen-bond acceptors (Lipinski definition) is 6. The first-order chi connectivity index (χ1) is 12.3. The van der Waals surface area contributed by atoms with E-state index in [1.807, 2.05) is 22.4 Å². The highest BCUT2D eigenvalue weighted by atomic mass is 32.1. The molecule has 0 unspecified atom stereocenters. The van der Waals surface area contributed by atoms with Crippen LogP contribution in [-0.2, 0) is 11.3 Å². The van der Waals surface area contributed by atoms with Gasteiger partial charge in [0.25, 0.3) is 0 Å². The Labute approximate surface area is 150 Å². The number of rotatable bonds is 4. The Balaban J connectivity index is 1.29. The zero-order chi connectivity index (χ0) is 17.1. The van der Waals surface area contributed by atoms with Crippen LogP contribution in [-0.4, -0.2) is 53.7 Å². The van der Waals surface area contributed by atoms with Gasteiger partial charge in [-0.05, 0) is 23.8 Å². The summed E-state index contributed by atoms with van der Waals surface area (Å²) in [4.78, 5) is 20.6. The minimum absolute atomic E-state index is 0.0516. The molecule has 0 bridgehead atoms. The lowest BCUT2D eigenvalue weighted by Gasteiger charge is -2.34. The molecule has 2 aromatic rings. The average molecular weight is 357 g/mol. The first-order valence-electron chi connectivity index (χ1n) is 8.24. The van der Waals surface area contributed by atoms with E-state index in [1.54, 1.807) is 17.7 Å². The maximum absolute atomic E-state index is 12.3. The van der Waals surface area contributed by atoms with Crippen molar-refractivity contribution in [1.29, 1.82) is 0 Å². The molecule has 3 heterocycles. The molecule has 0 spiro atoms. The van der Waals surface area contributed by atoms with E-state index in [0.717, 1.165) is 49.9 Å². The molecule has 4 rings (SSSR count). The van der Waals surface area contributed by atoms with Crippen LogP contribution in [0.25, 0.3) is 6.08 Å². The van der Waals surface area contributed by atoms with Crippen molar-refractivity contribution in [2.45, 2.75) is 6.54 Å². The molecular formula is C18H19N3O3S. The van der Waals surface area contributed by atoms with Gasteiger partial charge in [-0.1, -0.05) is 6.07 Å². The van der Waals surface area contributed by atoms with E-state index in [1.165, 1.54) is 16.9 Å². The topological polar surface area (TPSA) is 54.9 Å². The molecule has 1 saturated heterocycles. The monoisotopic (exact) mass is 357 g/mol. The molecule has 7 heteroatoms. The Kier molecular flexibility index (Phi) is 4.67. The summed E-state index contributed by atoms with van der Waals surface area (Å²) < 4.78 is 10.8. The minimum Gasteiger partial charge on any atom is -0.454 e. The molecule has 1 aromatic heterocycles. The van der Waals surface area contributed by atoms with Crippen LogP contribution < -0.4 is 9.47 Å². The van der Waals surface area contributed by atoms with Crippen molar-refractivity contribution in [3.05, 3.63) is 46.4 Å². The van der Waals surface area contributed by atoms with Gasteiger partial charge in [0.15, 0.2) is 11.5 Å². The molecule has 2 aliphatic rings. The van der Waals surface area contributed by atoms with Gasteiger partial charge in [-0.15, -0.1) is 11.3 Å². The number of nitrogens with zero attached hydrogens (tertiary/aromatic N) is 3. The lowest BCUT2D eigenvalue weighted by Crippen LogP contribution is -2.47. The molecule has 130 valence electrons. The van der Waals surface area contributed by atoms with Gasteiger partial charge in [0, 0.05) is 44.2 Å². The van der Waals surface area contributed by atoms with Gasteiger partial charge in [0.05, 0.1) is 11.2 Å². The van der Waals surface area contributed by atoms with Gasteiger partial charge in [-0.25, -0.2) is 4.98 Å². The Bertz CT molecular complexity index is 768. The number of carbonyl (C=O) groups is 1. The molecule has 0 saturated carbocycles. The number of aromatic nitrogens is 1. The van der Waals surface area contributed by atoms with Gasteiger partial charge < -0.3 is 14.4 Å². The molecule has 6 nitrogen and oxygen atoms in total. The predicted octanol–water partition coefficient (Wildman–Crippen LogP) is 2.23. The quantitative estimate of drug-likeness (QED) is 0.786. The van der Waals surface area contributed by atoms with E-state index in [-0.39, 0.29) is 5.91 Å². The summed E-state index contributed by atoms with van der Waals surface area (Å²) in [7, 11) is 0. The third-order valence-corrected chi connectivity index (χ3v) is 4.98. The molecule has 1 aromatic carbocycles. The third kappa shape index (κ3) is 3.83. The van der Waals surface area contributed by atoms with Crippen molar-refractivity contribution >= 4 is 23.3 Å². The highest BCUT2D eigenvalue weighted by molar-refractivity contribution is 7.07. The van der Waals surface area contributed by atoms with Gasteiger partial charge >= 0.3 is 0 Å². The summed E-state index contributed by atoms with van der Waals surface area (Å²) >= 11 is 1.52. The van der Waals surface area contributed by atoms with E-state index in [9.17, 15) is 4.79 Å². The molecule has 0 atom stereocenters. The standard InChI is InChI=1S/C18H19N3O3S/c22-18(4-2-15-11-25-12-19-15)21-7-5-20(6-8-21)10-14-1-3-16-17(9-14)24-13-23-16/h1-4,9,11-12H,5-8,10,13H2/b4-2+. The van der Waals surface area contributed by atoms with Crippen molar-refractivity contribution in [2.75, 3.05) is 33.0 Å². The van der Waals surface area contributed by atoms with E-state index < -0.39 is 0 Å². The van der Waals surface area contributed by atoms with E-state index in [4.69, 9.17) is 9.47 Å². The number of benzene rings is 1. The second-order valence-corrected chi connectivity index (χ2v) is 6.75. The lowest BCUT2D eigenvalue weighted by molar-refractivity contribution is -0.127. The van der Waals surface area contributed by atoms with Crippen LogP contribution in [0.15, 0.2) is 35.2 Å². The number of piperazine rings is 1. The van der Waals surface area contributed by atoms with Crippen LogP contribution in [0.3, 0.4) is 0 Å². The summed E-state index contributed by atoms with van der Waals surface area (Å²) in [6, 6.07) is 6.07. The Hall–Kier alpha value is -2.38. The maximum Gasteiger partial charge on any atom is 0.246 e. The van der Waals surface area contributed by atoms with E-state index in [0.29, 0.717) is 6.79 Å². The first-order valence-corrected chi connectivity index (χ1v) is 9.18. The second kappa shape index (κ2) is 7.25. The highest BCUT2D eigenvalue weighted by Gasteiger charge is 2.20. The number of hydrogen-bond donors (Lipinski definition) is 0. The normalized spacial score (nSPS) is 17.4. The smallest absolute Gasteiger partial charge is 0.246 e. The van der Waals surface area contributed by atoms with Crippen molar-refractivity contribution in [2.24, 2.45) is 0 Å². The van der Waals surface area contributed by atoms with Crippen LogP contribution in [0.1, 0.15) is 11.3 Å². The van der Waals surface area contributed by atoms with Crippen LogP contribution in [0.4, 0.5) is 0 Å². The third-order valence-electron chi connectivity index (χ3n) is 4.38. The van der Waals surface area contributed by atoms with E-state index >= 15 is 0 Å². The predicted molar refractivity (Wildman–Crippen MR) is 95.6 cm³/mol. The Morgan fingerprint density at radius 2 is 2.04 bits per heavy atom. The summed E-state index contributed by atoms with van der Waals surface area (Å²) in [5.41, 5.74) is 3.80. The summed E-state index contributed by atoms with van der Waals surface area (Å²) in [6.07, 6.45) is 3.39. The summed E-state index contributed by atoms with van der Waals surface area (Å²) in [5, 5.41) is 1.92. The first kappa shape index (κ1) is 16.1. The van der Waals surface area contributed by atoms with Crippen molar-refractivity contribution in [3.63, 3.8) is 0 Å². The van der Waals surface area contributed by atoms with Gasteiger partial charge in [-0.2, -0.15) is 0 Å². The van der Waals surface area contributed by atoms with Crippen LogP contribution >= 0.6 is 11.3 Å². The molecule has 1 amide bonds. The Morgan fingerprint density at radius 3 is 2.84 bits per heavy atom. The highest BCUT2D eigenvalue weighted by Crippen LogP contribution is 2.32. The van der Waals surface area contributed by atoms with Gasteiger partial charge in [0.2, 0.25) is 12.7 Å². The van der Waals surface area contributed by atoms with Crippen molar-refractivity contribution < 1.29 is 14.3 Å². The fraction of sp³-hybridized carbons (Fsp3) is 0.333. The van der Waals surface area contributed by atoms with E-state index in [2.05, 4.69) is 16.0 Å². The molecule has 1 fully saturated rings. The largest absolute Gasteiger partial charge is 0.454 e. The van der Waals surface area contributed by atoms with Gasteiger partial charge in [0.1, 0.15) is 0 Å². The minimum atomic E-state index is 0.0516. The fourth-order valence-corrected chi connectivity index (χ4v) is 3.51. The number of thiazole rings is 1. The Morgan fingerprint density at radius 1 is 1.20 bits per heavy atom. The number of carbonyl (C=O) groups excluding carboxylic acids is 1. The lowest BCUT2D eigenvalue weighted by atomic mass is 10.1. The SMILES string of the molecule is O=C(/C=C/c1cscn1)N1CCN(Cc2ccc3c(c2)OCO3)CC1.